The van der Waals surface area contributed by atoms with Gasteiger partial charge in [0.1, 0.15) is 5.82 Å². The van der Waals surface area contributed by atoms with Crippen LogP contribution in [-0.4, -0.2) is 13.2 Å². The molecule has 0 radical (unpaired) electrons. The summed E-state index contributed by atoms with van der Waals surface area (Å²) in [7, 11) is 1.09. The molecule has 0 atom stereocenters. The number of amides is 1. The van der Waals surface area contributed by atoms with Crippen molar-refractivity contribution in [3.05, 3.63) is 29.1 Å². The van der Waals surface area contributed by atoms with Crippen molar-refractivity contribution in [2.45, 2.75) is 19.8 Å². The number of nitrogens with one attached hydrogen (secondary N) is 1. The third-order valence-corrected chi connectivity index (χ3v) is 2.20. The van der Waals surface area contributed by atoms with Crippen LogP contribution in [0.5, 0.6) is 0 Å². The molecule has 1 rings (SSSR count). The number of hydrogen-bond acceptors (Lipinski definition) is 2. The number of anilines is 1. The summed E-state index contributed by atoms with van der Waals surface area (Å²) in [6.45, 7) is 3.11. The number of carbonyl (C=O) groups excluding carboxylic acids is 1. The molecule has 0 spiro atoms. The van der Waals surface area contributed by atoms with E-state index in [9.17, 15) is 18.0 Å². The summed E-state index contributed by atoms with van der Waals surface area (Å²) in [6, 6.07) is 0.381. The van der Waals surface area contributed by atoms with Gasteiger partial charge in [-0.25, -0.2) is 18.0 Å². The zero-order valence-electron chi connectivity index (χ0n) is 9.61. The van der Waals surface area contributed by atoms with Gasteiger partial charge >= 0.3 is 6.09 Å². The van der Waals surface area contributed by atoms with E-state index in [4.69, 9.17) is 0 Å². The fourth-order valence-corrected chi connectivity index (χ4v) is 1.44. The SMILES string of the molecule is COC(=O)Nc1c(F)cc(F)c(F)c1C(C)C. The van der Waals surface area contributed by atoms with Gasteiger partial charge in [-0.2, -0.15) is 0 Å². The van der Waals surface area contributed by atoms with Crippen LogP contribution in [0.15, 0.2) is 6.07 Å². The van der Waals surface area contributed by atoms with E-state index < -0.39 is 35.2 Å². The van der Waals surface area contributed by atoms with Gasteiger partial charge in [0.15, 0.2) is 11.6 Å². The summed E-state index contributed by atoms with van der Waals surface area (Å²) >= 11 is 0. The highest BCUT2D eigenvalue weighted by Gasteiger charge is 2.22. The van der Waals surface area contributed by atoms with Crippen molar-refractivity contribution in [3.8, 4) is 0 Å². The minimum atomic E-state index is -1.29. The van der Waals surface area contributed by atoms with Crippen LogP contribution in [0.25, 0.3) is 0 Å². The lowest BCUT2D eigenvalue weighted by atomic mass is 9.99. The summed E-state index contributed by atoms with van der Waals surface area (Å²) in [6.07, 6.45) is -0.947. The minimum Gasteiger partial charge on any atom is -0.453 e. The van der Waals surface area contributed by atoms with Crippen molar-refractivity contribution in [1.29, 1.82) is 0 Å². The number of carbonyl (C=O) groups is 1. The van der Waals surface area contributed by atoms with Gasteiger partial charge < -0.3 is 4.74 Å². The van der Waals surface area contributed by atoms with Crippen molar-refractivity contribution in [2.24, 2.45) is 0 Å². The third-order valence-electron chi connectivity index (χ3n) is 2.20. The molecule has 6 heteroatoms. The largest absolute Gasteiger partial charge is 0.453 e. The number of benzene rings is 1. The maximum absolute atomic E-state index is 13.5. The molecule has 0 bridgehead atoms. The van der Waals surface area contributed by atoms with Crippen molar-refractivity contribution >= 4 is 11.8 Å². The number of methoxy groups -OCH3 is 1. The Morgan fingerprint density at radius 2 is 1.88 bits per heavy atom. The van der Waals surface area contributed by atoms with Gasteiger partial charge in [0, 0.05) is 11.6 Å². The van der Waals surface area contributed by atoms with Crippen LogP contribution in [0.2, 0.25) is 0 Å². The fourth-order valence-electron chi connectivity index (χ4n) is 1.44. The van der Waals surface area contributed by atoms with Crippen molar-refractivity contribution in [3.63, 3.8) is 0 Å². The molecule has 0 saturated carbocycles. The van der Waals surface area contributed by atoms with Gasteiger partial charge in [-0.05, 0) is 5.92 Å². The third kappa shape index (κ3) is 2.69. The molecule has 0 aromatic heterocycles. The van der Waals surface area contributed by atoms with E-state index in [0.717, 1.165) is 7.11 Å². The van der Waals surface area contributed by atoms with Crippen LogP contribution >= 0.6 is 0 Å². The van der Waals surface area contributed by atoms with Crippen molar-refractivity contribution < 1.29 is 22.7 Å². The zero-order chi connectivity index (χ0) is 13.2. The minimum absolute atomic E-state index is 0.229. The summed E-state index contributed by atoms with van der Waals surface area (Å²) in [5.74, 6) is -4.00. The first-order valence-electron chi connectivity index (χ1n) is 4.90. The summed E-state index contributed by atoms with van der Waals surface area (Å²) < 4.78 is 44.3. The second kappa shape index (κ2) is 5.07. The predicted molar refractivity (Wildman–Crippen MR) is 56.4 cm³/mol. The molecule has 1 aromatic rings. The summed E-state index contributed by atoms with van der Waals surface area (Å²) in [5.41, 5.74) is -0.626. The Labute approximate surface area is 96.6 Å². The van der Waals surface area contributed by atoms with Gasteiger partial charge in [-0.15, -0.1) is 0 Å². The molecular weight excluding hydrogens is 235 g/mol. The van der Waals surface area contributed by atoms with E-state index in [1.165, 1.54) is 0 Å². The monoisotopic (exact) mass is 247 g/mol. The van der Waals surface area contributed by atoms with Gasteiger partial charge in [0.2, 0.25) is 0 Å². The van der Waals surface area contributed by atoms with E-state index in [1.807, 2.05) is 5.32 Å². The van der Waals surface area contributed by atoms with Crippen LogP contribution in [0, 0.1) is 17.5 Å². The molecule has 0 aliphatic heterocycles. The molecule has 17 heavy (non-hydrogen) atoms. The Kier molecular flexibility index (Phi) is 3.98. The average Bonchev–Trinajstić information content (AvgIpc) is 2.25. The van der Waals surface area contributed by atoms with Crippen LogP contribution in [-0.2, 0) is 4.74 Å². The Hall–Kier alpha value is -1.72. The van der Waals surface area contributed by atoms with Gasteiger partial charge in [0.25, 0.3) is 0 Å². The molecule has 0 aliphatic rings. The summed E-state index contributed by atoms with van der Waals surface area (Å²) in [5, 5.41) is 2.04. The number of hydrogen-bond donors (Lipinski definition) is 1. The molecule has 0 fully saturated rings. The number of ether oxygens (including phenoxy) is 1. The van der Waals surface area contributed by atoms with Crippen LogP contribution in [0.1, 0.15) is 25.3 Å². The molecule has 0 saturated heterocycles. The smallest absolute Gasteiger partial charge is 0.411 e. The Morgan fingerprint density at radius 3 is 2.35 bits per heavy atom. The lowest BCUT2D eigenvalue weighted by Crippen LogP contribution is -2.16. The van der Waals surface area contributed by atoms with E-state index in [-0.39, 0.29) is 5.56 Å². The number of halogens is 3. The van der Waals surface area contributed by atoms with Gasteiger partial charge in [-0.1, -0.05) is 13.8 Å². The van der Waals surface area contributed by atoms with Crippen LogP contribution in [0.4, 0.5) is 23.7 Å². The van der Waals surface area contributed by atoms with E-state index in [1.54, 1.807) is 13.8 Å². The van der Waals surface area contributed by atoms with Gasteiger partial charge in [0.05, 0.1) is 12.8 Å². The molecule has 3 nitrogen and oxygen atoms in total. The molecule has 0 heterocycles. The maximum Gasteiger partial charge on any atom is 0.411 e. The highest BCUT2D eigenvalue weighted by atomic mass is 19.2. The average molecular weight is 247 g/mol. The lowest BCUT2D eigenvalue weighted by Gasteiger charge is -2.15. The first-order chi connectivity index (χ1) is 7.88. The van der Waals surface area contributed by atoms with Gasteiger partial charge in [-0.3, -0.25) is 5.32 Å². The Morgan fingerprint density at radius 1 is 1.29 bits per heavy atom. The molecular formula is C11H12F3NO2. The van der Waals surface area contributed by atoms with E-state index in [2.05, 4.69) is 4.74 Å². The topological polar surface area (TPSA) is 38.3 Å². The Bertz CT molecular complexity index is 447. The maximum atomic E-state index is 13.5. The normalized spacial score (nSPS) is 10.5. The Balaban J connectivity index is 3.36. The van der Waals surface area contributed by atoms with Crippen LogP contribution in [0.3, 0.4) is 0 Å². The number of rotatable bonds is 2. The second-order valence-electron chi connectivity index (χ2n) is 3.71. The van der Waals surface area contributed by atoms with E-state index in [0.29, 0.717) is 6.07 Å². The molecule has 0 unspecified atom stereocenters. The van der Waals surface area contributed by atoms with Crippen molar-refractivity contribution in [1.82, 2.24) is 0 Å². The zero-order valence-corrected chi connectivity index (χ0v) is 9.61. The summed E-state index contributed by atoms with van der Waals surface area (Å²) in [4.78, 5) is 11.0. The van der Waals surface area contributed by atoms with Crippen molar-refractivity contribution in [2.75, 3.05) is 12.4 Å². The standard InChI is InChI=1S/C11H12F3NO2/c1-5(2)8-9(14)6(12)4-7(13)10(8)15-11(16)17-3/h4-5H,1-3H3,(H,15,16). The molecule has 0 aliphatic carbocycles. The lowest BCUT2D eigenvalue weighted by molar-refractivity contribution is 0.186. The highest BCUT2D eigenvalue weighted by Crippen LogP contribution is 2.31. The molecule has 1 N–H and O–H groups in total. The second-order valence-corrected chi connectivity index (χ2v) is 3.71. The molecule has 94 valence electrons. The molecule has 1 amide bonds. The predicted octanol–water partition coefficient (Wildman–Crippen LogP) is 3.41. The first-order valence-corrected chi connectivity index (χ1v) is 4.90. The quantitative estimate of drug-likeness (QED) is 0.813. The highest BCUT2D eigenvalue weighted by molar-refractivity contribution is 5.86. The molecule has 1 aromatic carbocycles. The fraction of sp³-hybridized carbons (Fsp3) is 0.364. The van der Waals surface area contributed by atoms with Crippen LogP contribution < -0.4 is 5.32 Å². The first kappa shape index (κ1) is 13.3. The van der Waals surface area contributed by atoms with E-state index >= 15 is 0 Å².